The number of likely N-dealkylation sites (N-methyl/N-ethyl adjacent to an activating group) is 1. The number of rotatable bonds is 59. The van der Waals surface area contributed by atoms with Gasteiger partial charge in [0.15, 0.2) is 0 Å². The number of hydrogen-bond acceptors (Lipinski definition) is 5. The van der Waals surface area contributed by atoms with E-state index in [0.29, 0.717) is 17.4 Å². The predicted octanol–water partition coefficient (Wildman–Crippen LogP) is 19.9. The second-order valence-electron chi connectivity index (χ2n) is 23.1. The molecular weight excluding hydrogens is 936 g/mol. The fourth-order valence-electron chi connectivity index (χ4n) is 9.48. The van der Waals surface area contributed by atoms with Crippen LogP contribution in [0.4, 0.5) is 0 Å². The molecule has 0 saturated carbocycles. The van der Waals surface area contributed by atoms with Crippen molar-refractivity contribution in [2.45, 2.75) is 321 Å². The molecule has 0 spiro atoms. The third-order valence-corrected chi connectivity index (χ3v) is 15.5. The van der Waals surface area contributed by atoms with E-state index in [1.54, 1.807) is 6.08 Å². The van der Waals surface area contributed by atoms with E-state index >= 15 is 0 Å². The summed E-state index contributed by atoms with van der Waals surface area (Å²) in [5, 5.41) is 13.9. The molecule has 0 radical (unpaired) electrons. The molecule has 0 aliphatic carbocycles. The quantitative estimate of drug-likeness (QED) is 0.0243. The zero-order chi connectivity index (χ0) is 54.2. The predicted molar refractivity (Wildman–Crippen MR) is 323 cm³/mol. The number of carbonyl (C=O) groups excluding carboxylic acids is 1. The van der Waals surface area contributed by atoms with E-state index in [1.807, 2.05) is 27.2 Å². The van der Waals surface area contributed by atoms with Crippen molar-refractivity contribution in [3.8, 4) is 0 Å². The molecule has 0 saturated heterocycles. The number of nitrogens with one attached hydrogen (secondary N) is 1. The molecule has 0 aromatic heterocycles. The van der Waals surface area contributed by atoms with Gasteiger partial charge >= 0.3 is 7.82 Å². The number of phosphoric ester groups is 1. The molecule has 3 atom stereocenters. The molecule has 0 rings (SSSR count). The Bertz CT molecular complexity index is 1340. The van der Waals surface area contributed by atoms with Gasteiger partial charge in [-0.25, -0.2) is 4.57 Å². The molecule has 0 aromatic rings. The van der Waals surface area contributed by atoms with Crippen molar-refractivity contribution < 1.29 is 32.9 Å². The van der Waals surface area contributed by atoms with Crippen LogP contribution in [0.25, 0.3) is 0 Å². The Kier molecular flexibility index (Phi) is 55.0. The minimum atomic E-state index is -4.36. The smallest absolute Gasteiger partial charge is 0.387 e. The van der Waals surface area contributed by atoms with Gasteiger partial charge in [0.05, 0.1) is 39.9 Å². The summed E-state index contributed by atoms with van der Waals surface area (Å²) in [6.45, 7) is 4.83. The Hall–Kier alpha value is -1.54. The van der Waals surface area contributed by atoms with Crippen LogP contribution in [0.5, 0.6) is 0 Å². The molecule has 0 aliphatic rings. The molecule has 74 heavy (non-hydrogen) atoms. The van der Waals surface area contributed by atoms with Crippen LogP contribution >= 0.6 is 7.82 Å². The van der Waals surface area contributed by atoms with E-state index in [1.165, 1.54) is 244 Å². The molecule has 0 aromatic carbocycles. The third kappa shape index (κ3) is 58.1. The monoisotopic (exact) mass is 1060 g/mol. The van der Waals surface area contributed by atoms with Gasteiger partial charge in [0.1, 0.15) is 13.2 Å². The summed E-state index contributed by atoms with van der Waals surface area (Å²) < 4.78 is 23.7. The van der Waals surface area contributed by atoms with E-state index in [9.17, 15) is 19.4 Å². The third-order valence-electron chi connectivity index (χ3n) is 14.5. The highest BCUT2D eigenvalue weighted by Crippen LogP contribution is 2.43. The SMILES string of the molecule is CCCCCCCCCC/C=C\CCCCCCCCCCCCCC(=O)NC(COP(=O)(O)OCC[N+](C)(C)C)C(O)/C=C/CC/C=C/CC/C=C/CCCCCCCCCCCCCCCCCCCCC. The number of quaternary nitrogens is 1. The topological polar surface area (TPSA) is 105 Å². The van der Waals surface area contributed by atoms with Crippen molar-refractivity contribution in [2.75, 3.05) is 40.9 Å². The Morgan fingerprint density at radius 2 is 0.743 bits per heavy atom. The molecule has 8 nitrogen and oxygen atoms in total. The minimum absolute atomic E-state index is 0.0533. The largest absolute Gasteiger partial charge is 0.472 e. The van der Waals surface area contributed by atoms with Gasteiger partial charge in [0.25, 0.3) is 0 Å². The van der Waals surface area contributed by atoms with Crippen LogP contribution in [0.3, 0.4) is 0 Å². The van der Waals surface area contributed by atoms with E-state index in [2.05, 4.69) is 55.6 Å². The fourth-order valence-corrected chi connectivity index (χ4v) is 10.2. The highest BCUT2D eigenvalue weighted by atomic mass is 31.2. The summed E-state index contributed by atoms with van der Waals surface area (Å²) >= 11 is 0. The summed E-state index contributed by atoms with van der Waals surface area (Å²) in [5.74, 6) is -0.189. The lowest BCUT2D eigenvalue weighted by Crippen LogP contribution is -2.45. The molecule has 1 amide bonds. The standard InChI is InChI=1S/C65H125N2O6P/c1-6-8-10-12-14-16-18-20-22-24-26-28-30-31-32-33-34-35-37-38-40-42-44-46-48-50-52-54-56-58-64(68)63(62-73-74(70,71)72-61-60-67(3,4)5)66-65(69)59-57-55-53-51-49-47-45-43-41-39-36-29-27-25-23-21-19-17-15-13-11-9-7-2/h25,27,40,42,48,50,56,58,63-64,68H,6-24,26,28-39,41,43-47,49,51-55,57,59-62H2,1-5H3,(H-,66,69,70,71)/p+1/b27-25-,42-40+,50-48+,58-56+. The van der Waals surface area contributed by atoms with Crippen LogP contribution in [0.15, 0.2) is 48.6 Å². The number of carbonyl (C=O) groups is 1. The number of unbranched alkanes of at least 4 members (excludes halogenated alkanes) is 40. The first kappa shape index (κ1) is 72.5. The molecule has 0 bridgehead atoms. The van der Waals surface area contributed by atoms with Crippen molar-refractivity contribution >= 4 is 13.7 Å². The summed E-state index contributed by atoms with van der Waals surface area (Å²) in [7, 11) is 1.55. The van der Waals surface area contributed by atoms with E-state index in [4.69, 9.17) is 9.05 Å². The molecule has 0 fully saturated rings. The lowest BCUT2D eigenvalue weighted by atomic mass is 10.0. The number of phosphoric acid groups is 1. The molecular formula is C65H126N2O6P+. The lowest BCUT2D eigenvalue weighted by Gasteiger charge is -2.25. The van der Waals surface area contributed by atoms with Crippen molar-refractivity contribution in [3.63, 3.8) is 0 Å². The number of aliphatic hydroxyl groups is 1. The molecule has 9 heteroatoms. The molecule has 0 heterocycles. The lowest BCUT2D eigenvalue weighted by molar-refractivity contribution is -0.870. The van der Waals surface area contributed by atoms with Crippen LogP contribution < -0.4 is 5.32 Å². The number of hydrogen-bond donors (Lipinski definition) is 3. The van der Waals surface area contributed by atoms with Gasteiger partial charge in [-0.05, 0) is 70.6 Å². The minimum Gasteiger partial charge on any atom is -0.387 e. The number of allylic oxidation sites excluding steroid dienone is 7. The van der Waals surface area contributed by atoms with E-state index < -0.39 is 20.0 Å². The molecule has 3 N–H and O–H groups in total. The van der Waals surface area contributed by atoms with Crippen molar-refractivity contribution in [3.05, 3.63) is 48.6 Å². The van der Waals surface area contributed by atoms with Crippen molar-refractivity contribution in [1.82, 2.24) is 5.32 Å². The Morgan fingerprint density at radius 1 is 0.446 bits per heavy atom. The zero-order valence-corrected chi connectivity index (χ0v) is 50.7. The van der Waals surface area contributed by atoms with E-state index in [0.717, 1.165) is 44.9 Å². The van der Waals surface area contributed by atoms with Crippen LogP contribution in [-0.2, 0) is 18.4 Å². The van der Waals surface area contributed by atoms with Crippen LogP contribution in [0, 0.1) is 0 Å². The first-order valence-electron chi connectivity index (χ1n) is 32.0. The Balaban J connectivity index is 4.20. The molecule has 3 unspecified atom stereocenters. The van der Waals surface area contributed by atoms with Crippen molar-refractivity contribution in [2.24, 2.45) is 0 Å². The van der Waals surface area contributed by atoms with Gasteiger partial charge in [0, 0.05) is 6.42 Å². The summed E-state index contributed by atoms with van der Waals surface area (Å²) in [4.78, 5) is 23.3. The summed E-state index contributed by atoms with van der Waals surface area (Å²) in [6.07, 6.45) is 75.3. The zero-order valence-electron chi connectivity index (χ0n) is 49.8. The number of amides is 1. The second kappa shape index (κ2) is 56.2. The van der Waals surface area contributed by atoms with Gasteiger partial charge in [0.2, 0.25) is 5.91 Å². The van der Waals surface area contributed by atoms with Crippen LogP contribution in [-0.4, -0.2) is 73.4 Å². The van der Waals surface area contributed by atoms with Gasteiger partial charge in [-0.15, -0.1) is 0 Å². The van der Waals surface area contributed by atoms with Crippen molar-refractivity contribution in [1.29, 1.82) is 0 Å². The Labute approximate surface area is 460 Å². The van der Waals surface area contributed by atoms with E-state index in [-0.39, 0.29) is 19.1 Å². The second-order valence-corrected chi connectivity index (χ2v) is 24.6. The van der Waals surface area contributed by atoms with Gasteiger partial charge < -0.3 is 19.8 Å². The average Bonchev–Trinajstić information content (AvgIpc) is 3.36. The fraction of sp³-hybridized carbons (Fsp3) is 0.862. The average molecular weight is 1060 g/mol. The summed E-state index contributed by atoms with van der Waals surface area (Å²) in [6, 6.07) is -0.872. The van der Waals surface area contributed by atoms with Crippen LogP contribution in [0.2, 0.25) is 0 Å². The maximum absolute atomic E-state index is 13.0. The highest BCUT2D eigenvalue weighted by molar-refractivity contribution is 7.47. The Morgan fingerprint density at radius 3 is 1.08 bits per heavy atom. The highest BCUT2D eigenvalue weighted by Gasteiger charge is 2.27. The van der Waals surface area contributed by atoms with Gasteiger partial charge in [-0.2, -0.15) is 0 Å². The first-order chi connectivity index (χ1) is 36.0. The van der Waals surface area contributed by atoms with Crippen LogP contribution in [0.1, 0.15) is 309 Å². The normalized spacial score (nSPS) is 14.1. The first-order valence-corrected chi connectivity index (χ1v) is 33.5. The molecule has 436 valence electrons. The summed E-state index contributed by atoms with van der Waals surface area (Å²) in [5.41, 5.74) is 0. The van der Waals surface area contributed by atoms with Gasteiger partial charge in [-0.3, -0.25) is 13.8 Å². The maximum Gasteiger partial charge on any atom is 0.472 e. The molecule has 0 aliphatic heterocycles. The maximum atomic E-state index is 13.0. The van der Waals surface area contributed by atoms with Gasteiger partial charge in [-0.1, -0.05) is 281 Å². The number of nitrogens with zero attached hydrogens (tertiary/aromatic N) is 1. The number of aliphatic hydroxyl groups excluding tert-OH is 1.